The molecule has 0 spiro atoms. The maximum Gasteiger partial charge on any atom is 0.342 e. The summed E-state index contributed by atoms with van der Waals surface area (Å²) in [5.41, 5.74) is -0.0128. The summed E-state index contributed by atoms with van der Waals surface area (Å²) in [5.74, 6) is -0.244. The quantitative estimate of drug-likeness (QED) is 0.824. The van der Waals surface area contributed by atoms with E-state index in [0.29, 0.717) is 19.6 Å². The molecule has 118 valence electrons. The topological polar surface area (TPSA) is 88.8 Å². The molecule has 0 radical (unpaired) electrons. The Labute approximate surface area is 124 Å². The normalized spacial score (nSPS) is 20.5. The molecular weight excluding hydrogens is 296 g/mol. The van der Waals surface area contributed by atoms with Gasteiger partial charge in [-0.05, 0) is 20.8 Å². The summed E-state index contributed by atoms with van der Waals surface area (Å²) < 4.78 is 37.1. The lowest BCUT2D eigenvalue weighted by molar-refractivity contribution is 0.0594. The minimum atomic E-state index is -3.79. The predicted octanol–water partition coefficient (Wildman–Crippen LogP) is 0.665. The number of rotatable bonds is 3. The molecule has 1 atom stereocenters. The van der Waals surface area contributed by atoms with Crippen molar-refractivity contribution in [2.24, 2.45) is 0 Å². The van der Waals surface area contributed by atoms with Gasteiger partial charge in [0, 0.05) is 25.7 Å². The van der Waals surface area contributed by atoms with Gasteiger partial charge in [0.15, 0.2) is 0 Å². The summed E-state index contributed by atoms with van der Waals surface area (Å²) >= 11 is 0. The number of piperazine rings is 1. The highest BCUT2D eigenvalue weighted by molar-refractivity contribution is 7.89. The average molecular weight is 316 g/mol. The fraction of sp³-hybridized carbons (Fsp3) is 0.615. The number of sulfonamides is 1. The fourth-order valence-corrected chi connectivity index (χ4v) is 4.46. The molecule has 0 bridgehead atoms. The van der Waals surface area contributed by atoms with E-state index in [4.69, 9.17) is 4.42 Å². The second-order valence-corrected chi connectivity index (χ2v) is 7.00. The number of ether oxygens (including phenoxy) is 1. The van der Waals surface area contributed by atoms with Crippen LogP contribution in [0.1, 0.15) is 28.8 Å². The van der Waals surface area contributed by atoms with E-state index >= 15 is 0 Å². The molecular formula is C13H20N2O5S. The summed E-state index contributed by atoms with van der Waals surface area (Å²) in [5, 5.41) is 3.18. The fourth-order valence-electron chi connectivity index (χ4n) is 2.56. The molecule has 21 heavy (non-hydrogen) atoms. The highest BCUT2D eigenvalue weighted by Crippen LogP contribution is 2.30. The molecule has 0 saturated carbocycles. The van der Waals surface area contributed by atoms with Crippen LogP contribution in [-0.2, 0) is 14.8 Å². The summed E-state index contributed by atoms with van der Waals surface area (Å²) in [4.78, 5) is 11.8. The Hall–Kier alpha value is -1.38. The molecule has 1 saturated heterocycles. The molecule has 1 aromatic rings. The van der Waals surface area contributed by atoms with E-state index < -0.39 is 16.0 Å². The van der Waals surface area contributed by atoms with Gasteiger partial charge in [-0.25, -0.2) is 13.2 Å². The Morgan fingerprint density at radius 1 is 1.38 bits per heavy atom. The summed E-state index contributed by atoms with van der Waals surface area (Å²) in [6.07, 6.45) is 0. The molecule has 7 nitrogen and oxygen atoms in total. The van der Waals surface area contributed by atoms with Gasteiger partial charge in [-0.2, -0.15) is 4.31 Å². The molecule has 0 amide bonds. The Kier molecular flexibility index (Phi) is 4.40. The number of carbonyl (C=O) groups excluding carboxylic acids is 1. The molecule has 0 aromatic carbocycles. The summed E-state index contributed by atoms with van der Waals surface area (Å²) in [6.45, 7) is 6.29. The van der Waals surface area contributed by atoms with Gasteiger partial charge >= 0.3 is 5.97 Å². The molecule has 2 heterocycles. The third-order valence-electron chi connectivity index (χ3n) is 3.52. The van der Waals surface area contributed by atoms with Crippen molar-refractivity contribution in [1.82, 2.24) is 9.62 Å². The molecule has 1 fully saturated rings. The lowest BCUT2D eigenvalue weighted by Crippen LogP contribution is -2.51. The minimum absolute atomic E-state index is 0.0128. The van der Waals surface area contributed by atoms with Crippen LogP contribution >= 0.6 is 0 Å². The SMILES string of the molecule is COC(=O)c1c(C)oc(C)c1S(=O)(=O)N1CCN[C@H](C)C1. The van der Waals surface area contributed by atoms with Crippen molar-refractivity contribution >= 4 is 16.0 Å². The molecule has 0 unspecified atom stereocenters. The maximum atomic E-state index is 12.8. The van der Waals surface area contributed by atoms with Crippen molar-refractivity contribution in [2.45, 2.75) is 31.7 Å². The van der Waals surface area contributed by atoms with Crippen molar-refractivity contribution in [3.63, 3.8) is 0 Å². The smallest absolute Gasteiger partial charge is 0.342 e. The number of nitrogens with one attached hydrogen (secondary N) is 1. The van der Waals surface area contributed by atoms with Crippen molar-refractivity contribution in [3.05, 3.63) is 17.1 Å². The van der Waals surface area contributed by atoms with Gasteiger partial charge < -0.3 is 14.5 Å². The number of nitrogens with zero attached hydrogens (tertiary/aromatic N) is 1. The first-order valence-electron chi connectivity index (χ1n) is 6.71. The molecule has 1 aliphatic heterocycles. The average Bonchev–Trinajstić information content (AvgIpc) is 2.73. The number of aryl methyl sites for hydroxylation is 2. The van der Waals surface area contributed by atoms with Gasteiger partial charge in [-0.3, -0.25) is 0 Å². The third-order valence-corrected chi connectivity index (χ3v) is 5.54. The first-order chi connectivity index (χ1) is 9.78. The van der Waals surface area contributed by atoms with Gasteiger partial charge in [0.2, 0.25) is 10.0 Å². The van der Waals surface area contributed by atoms with Crippen LogP contribution in [0.5, 0.6) is 0 Å². The Morgan fingerprint density at radius 3 is 2.62 bits per heavy atom. The van der Waals surface area contributed by atoms with E-state index in [9.17, 15) is 13.2 Å². The van der Waals surface area contributed by atoms with Gasteiger partial charge in [0.1, 0.15) is 22.0 Å². The van der Waals surface area contributed by atoms with E-state index in [0.717, 1.165) is 0 Å². The van der Waals surface area contributed by atoms with E-state index in [2.05, 4.69) is 10.1 Å². The second-order valence-electron chi connectivity index (χ2n) is 5.13. The standard InChI is InChI=1S/C13H20N2O5S/c1-8-7-15(6-5-14-8)21(17,18)12-10(3)20-9(2)11(12)13(16)19-4/h8,14H,5-7H2,1-4H3/t8-/m1/s1. The number of methoxy groups -OCH3 is 1. The van der Waals surface area contributed by atoms with Crippen LogP contribution in [-0.4, -0.2) is 51.5 Å². The maximum absolute atomic E-state index is 12.8. The zero-order valence-electron chi connectivity index (χ0n) is 12.6. The van der Waals surface area contributed by atoms with Crippen molar-refractivity contribution in [3.8, 4) is 0 Å². The number of furan rings is 1. The Morgan fingerprint density at radius 2 is 2.05 bits per heavy atom. The van der Waals surface area contributed by atoms with Gasteiger partial charge in [-0.15, -0.1) is 0 Å². The van der Waals surface area contributed by atoms with Crippen LogP contribution in [0.3, 0.4) is 0 Å². The van der Waals surface area contributed by atoms with E-state index in [1.807, 2.05) is 6.92 Å². The second kappa shape index (κ2) is 5.78. The third kappa shape index (κ3) is 2.83. The van der Waals surface area contributed by atoms with Crippen molar-refractivity contribution < 1.29 is 22.4 Å². The van der Waals surface area contributed by atoms with E-state index in [1.165, 1.54) is 18.3 Å². The van der Waals surface area contributed by atoms with Gasteiger partial charge in [0.05, 0.1) is 7.11 Å². The highest BCUT2D eigenvalue weighted by atomic mass is 32.2. The summed E-state index contributed by atoms with van der Waals surface area (Å²) in [7, 11) is -2.58. The van der Waals surface area contributed by atoms with Crippen LogP contribution in [0.4, 0.5) is 0 Å². The Balaban J connectivity index is 2.52. The Bertz CT molecular complexity index is 650. The van der Waals surface area contributed by atoms with Crippen LogP contribution in [0.25, 0.3) is 0 Å². The van der Waals surface area contributed by atoms with E-state index in [-0.39, 0.29) is 28.0 Å². The van der Waals surface area contributed by atoms with Crippen LogP contribution < -0.4 is 5.32 Å². The molecule has 1 aliphatic rings. The van der Waals surface area contributed by atoms with E-state index in [1.54, 1.807) is 6.92 Å². The molecule has 1 N–H and O–H groups in total. The van der Waals surface area contributed by atoms with Crippen molar-refractivity contribution in [1.29, 1.82) is 0 Å². The molecule has 8 heteroatoms. The summed E-state index contributed by atoms with van der Waals surface area (Å²) in [6, 6.07) is 0.0587. The zero-order valence-corrected chi connectivity index (χ0v) is 13.4. The van der Waals surface area contributed by atoms with Crippen LogP contribution in [0, 0.1) is 13.8 Å². The molecule has 0 aliphatic carbocycles. The van der Waals surface area contributed by atoms with Crippen molar-refractivity contribution in [2.75, 3.05) is 26.7 Å². The monoisotopic (exact) mass is 316 g/mol. The molecule has 2 rings (SSSR count). The zero-order chi connectivity index (χ0) is 15.8. The van der Waals surface area contributed by atoms with Crippen LogP contribution in [0.2, 0.25) is 0 Å². The largest absolute Gasteiger partial charge is 0.465 e. The lowest BCUT2D eigenvalue weighted by Gasteiger charge is -2.31. The van der Waals surface area contributed by atoms with Gasteiger partial charge in [0.25, 0.3) is 0 Å². The van der Waals surface area contributed by atoms with Crippen LogP contribution in [0.15, 0.2) is 9.31 Å². The predicted molar refractivity (Wildman–Crippen MR) is 75.7 cm³/mol. The lowest BCUT2D eigenvalue weighted by atomic mass is 10.2. The number of hydrogen-bond donors (Lipinski definition) is 1. The first kappa shape index (κ1) is 16.0. The first-order valence-corrected chi connectivity index (χ1v) is 8.15. The molecule has 1 aromatic heterocycles. The number of esters is 1. The minimum Gasteiger partial charge on any atom is -0.465 e. The number of carbonyl (C=O) groups is 1. The van der Waals surface area contributed by atoms with Gasteiger partial charge in [-0.1, -0.05) is 0 Å². The number of hydrogen-bond acceptors (Lipinski definition) is 6. The highest BCUT2D eigenvalue weighted by Gasteiger charge is 2.37.